The van der Waals surface area contributed by atoms with Gasteiger partial charge in [-0.05, 0) is 47.5 Å². The maximum absolute atomic E-state index is 10.4. The molecule has 30 heavy (non-hydrogen) atoms. The summed E-state index contributed by atoms with van der Waals surface area (Å²) < 4.78 is 38.8. The van der Waals surface area contributed by atoms with Crippen LogP contribution < -0.4 is 9.30 Å². The summed E-state index contributed by atoms with van der Waals surface area (Å²) in [6.07, 6.45) is 7.94. The fourth-order valence-corrected chi connectivity index (χ4v) is 2.96. The van der Waals surface area contributed by atoms with Gasteiger partial charge in [-0.3, -0.25) is 0 Å². The SMILES string of the molecule is COc1ccc(/C=C/c2cc[n+](C)cc2)cc1O.O.O=S(=O)([O-])c1ccc(Br)cc1. The minimum Gasteiger partial charge on any atom is -0.744 e. The molecule has 0 spiro atoms. The molecule has 7 nitrogen and oxygen atoms in total. The van der Waals surface area contributed by atoms with Gasteiger partial charge >= 0.3 is 0 Å². The highest BCUT2D eigenvalue weighted by Gasteiger charge is 2.00. The lowest BCUT2D eigenvalue weighted by molar-refractivity contribution is -0.671. The number of pyridine rings is 1. The number of halogens is 1. The van der Waals surface area contributed by atoms with Crippen molar-refractivity contribution in [2.24, 2.45) is 7.05 Å². The molecule has 0 aliphatic rings. The lowest BCUT2D eigenvalue weighted by Gasteiger charge is -2.05. The summed E-state index contributed by atoms with van der Waals surface area (Å²) in [6, 6.07) is 14.9. The van der Waals surface area contributed by atoms with Crippen LogP contribution in [0, 0.1) is 0 Å². The van der Waals surface area contributed by atoms with Crippen LogP contribution >= 0.6 is 15.9 Å². The van der Waals surface area contributed by atoms with Crippen molar-refractivity contribution in [3.8, 4) is 11.5 Å². The van der Waals surface area contributed by atoms with Gasteiger partial charge in [-0.2, -0.15) is 0 Å². The fraction of sp³-hybridized carbons (Fsp3) is 0.0952. The standard InChI is InChI=1S/C15H15NO2.C6H5BrO3S.H2O/c1-16-9-7-12(8-10-16)3-4-13-5-6-15(18-2)14(17)11-13;7-5-1-3-6(4-2-5)11(8,9)10;/h3-11H,1-2H3;1-4H,(H,8,9,10);1H2/b4-3+;;. The minimum atomic E-state index is -4.29. The number of phenols is 1. The molecule has 3 rings (SSSR count). The predicted octanol–water partition coefficient (Wildman–Crippen LogP) is 2.92. The average molecular weight is 496 g/mol. The zero-order chi connectivity index (χ0) is 21.4. The highest BCUT2D eigenvalue weighted by Crippen LogP contribution is 2.26. The number of nitrogens with zero attached hydrogens (tertiary/aromatic N) is 1. The van der Waals surface area contributed by atoms with E-state index in [0.717, 1.165) is 15.6 Å². The highest BCUT2D eigenvalue weighted by molar-refractivity contribution is 9.10. The smallest absolute Gasteiger partial charge is 0.169 e. The second-order valence-corrected chi connectivity index (χ2v) is 8.26. The molecule has 0 radical (unpaired) electrons. The summed E-state index contributed by atoms with van der Waals surface area (Å²) in [5.74, 6) is 0.637. The Morgan fingerprint density at radius 2 is 1.57 bits per heavy atom. The van der Waals surface area contributed by atoms with Gasteiger partial charge in [0.1, 0.15) is 17.2 Å². The maximum atomic E-state index is 10.4. The molecule has 160 valence electrons. The minimum absolute atomic E-state index is 0. The second-order valence-electron chi connectivity index (χ2n) is 5.97. The molecular weight excluding hydrogens is 474 g/mol. The van der Waals surface area contributed by atoms with Crippen molar-refractivity contribution in [2.45, 2.75) is 4.90 Å². The number of ether oxygens (including phenoxy) is 1. The van der Waals surface area contributed by atoms with Crippen LogP contribution in [-0.2, 0) is 17.2 Å². The van der Waals surface area contributed by atoms with E-state index >= 15 is 0 Å². The van der Waals surface area contributed by atoms with Gasteiger partial charge < -0.3 is 19.9 Å². The van der Waals surface area contributed by atoms with Gasteiger partial charge in [-0.1, -0.05) is 34.1 Å². The first-order valence-corrected chi connectivity index (χ1v) is 10.6. The van der Waals surface area contributed by atoms with E-state index in [1.54, 1.807) is 12.1 Å². The Labute approximate surface area is 184 Å². The first-order chi connectivity index (χ1) is 13.7. The van der Waals surface area contributed by atoms with E-state index in [4.69, 9.17) is 4.74 Å². The van der Waals surface area contributed by atoms with E-state index in [-0.39, 0.29) is 16.1 Å². The van der Waals surface area contributed by atoms with E-state index < -0.39 is 10.1 Å². The van der Waals surface area contributed by atoms with Crippen molar-refractivity contribution in [1.82, 2.24) is 0 Å². The normalized spacial score (nSPS) is 10.7. The third-order valence-corrected chi connectivity index (χ3v) is 5.16. The summed E-state index contributed by atoms with van der Waals surface area (Å²) in [4.78, 5) is -0.208. The molecule has 1 aromatic heterocycles. The van der Waals surface area contributed by atoms with Gasteiger partial charge in [-0.25, -0.2) is 13.0 Å². The number of rotatable bonds is 4. The number of hydrogen-bond donors (Lipinski definition) is 1. The average Bonchev–Trinajstić information content (AvgIpc) is 2.68. The molecule has 0 aliphatic heterocycles. The van der Waals surface area contributed by atoms with E-state index in [9.17, 15) is 18.1 Å². The molecule has 3 aromatic rings. The van der Waals surface area contributed by atoms with Gasteiger partial charge in [0.2, 0.25) is 0 Å². The first-order valence-electron chi connectivity index (χ1n) is 8.41. The van der Waals surface area contributed by atoms with Crippen LogP contribution in [-0.4, -0.2) is 30.7 Å². The summed E-state index contributed by atoms with van der Waals surface area (Å²) in [5, 5.41) is 9.66. The van der Waals surface area contributed by atoms with Crippen LogP contribution in [0.4, 0.5) is 0 Å². The van der Waals surface area contributed by atoms with Gasteiger partial charge in [0.05, 0.1) is 12.0 Å². The van der Waals surface area contributed by atoms with Crippen LogP contribution in [0.25, 0.3) is 12.2 Å². The molecule has 0 saturated carbocycles. The zero-order valence-electron chi connectivity index (χ0n) is 16.3. The molecule has 0 saturated heterocycles. The number of phenolic OH excluding ortho intramolecular Hbond substituents is 1. The van der Waals surface area contributed by atoms with Gasteiger partial charge in [0.15, 0.2) is 23.9 Å². The number of methoxy groups -OCH3 is 1. The molecule has 0 fully saturated rings. The molecule has 0 bridgehead atoms. The molecule has 9 heteroatoms. The van der Waals surface area contributed by atoms with Crippen LogP contribution in [0.5, 0.6) is 11.5 Å². The summed E-state index contributed by atoms with van der Waals surface area (Å²) in [5.41, 5.74) is 2.05. The summed E-state index contributed by atoms with van der Waals surface area (Å²) in [6.45, 7) is 0. The molecule has 0 atom stereocenters. The van der Waals surface area contributed by atoms with Crippen molar-refractivity contribution >= 4 is 38.2 Å². The van der Waals surface area contributed by atoms with Crippen LogP contribution in [0.2, 0.25) is 0 Å². The van der Waals surface area contributed by atoms with Crippen molar-refractivity contribution < 1.29 is 32.9 Å². The largest absolute Gasteiger partial charge is 0.744 e. The number of aromatic nitrogens is 1. The molecule has 0 aliphatic carbocycles. The van der Waals surface area contributed by atoms with E-state index in [1.807, 2.05) is 54.4 Å². The summed E-state index contributed by atoms with van der Waals surface area (Å²) >= 11 is 3.12. The Balaban J connectivity index is 0.000000324. The van der Waals surface area contributed by atoms with Crippen LogP contribution in [0.3, 0.4) is 0 Å². The fourth-order valence-electron chi connectivity index (χ4n) is 2.23. The predicted molar refractivity (Wildman–Crippen MR) is 117 cm³/mol. The maximum Gasteiger partial charge on any atom is 0.169 e. The Morgan fingerprint density at radius 3 is 2.07 bits per heavy atom. The molecule has 1 heterocycles. The van der Waals surface area contributed by atoms with Crippen molar-refractivity contribution in [3.63, 3.8) is 0 Å². The Hall–Kier alpha value is -2.72. The number of aromatic hydroxyl groups is 1. The number of benzene rings is 2. The molecule has 0 amide bonds. The van der Waals surface area contributed by atoms with E-state index in [2.05, 4.69) is 15.9 Å². The quantitative estimate of drug-likeness (QED) is 0.440. The van der Waals surface area contributed by atoms with Crippen LogP contribution in [0.15, 0.2) is 76.4 Å². The monoisotopic (exact) mass is 495 g/mol. The third-order valence-electron chi connectivity index (χ3n) is 3.78. The Morgan fingerprint density at radius 1 is 1.00 bits per heavy atom. The topological polar surface area (TPSA) is 122 Å². The molecular formula is C21H22BrNO6S. The zero-order valence-corrected chi connectivity index (χ0v) is 18.7. The van der Waals surface area contributed by atoms with E-state index in [0.29, 0.717) is 5.75 Å². The number of hydrogen-bond acceptors (Lipinski definition) is 5. The summed E-state index contributed by atoms with van der Waals surface area (Å²) in [7, 11) is -0.773. The van der Waals surface area contributed by atoms with Gasteiger partial charge in [0, 0.05) is 16.6 Å². The molecule has 0 unspecified atom stereocenters. The van der Waals surface area contributed by atoms with Crippen molar-refractivity contribution in [2.75, 3.05) is 7.11 Å². The lowest BCUT2D eigenvalue weighted by Crippen LogP contribution is -2.25. The molecule has 3 N–H and O–H groups in total. The number of aryl methyl sites for hydroxylation is 1. The highest BCUT2D eigenvalue weighted by atomic mass is 79.9. The Kier molecular flexibility index (Phi) is 9.67. The van der Waals surface area contributed by atoms with Gasteiger partial charge in [-0.15, -0.1) is 0 Å². The lowest BCUT2D eigenvalue weighted by atomic mass is 10.1. The third kappa shape index (κ3) is 7.96. The van der Waals surface area contributed by atoms with Crippen molar-refractivity contribution in [3.05, 3.63) is 82.6 Å². The van der Waals surface area contributed by atoms with Crippen molar-refractivity contribution in [1.29, 1.82) is 0 Å². The van der Waals surface area contributed by atoms with Crippen LogP contribution in [0.1, 0.15) is 11.1 Å². The first kappa shape index (κ1) is 25.3. The Bertz CT molecular complexity index is 1080. The van der Waals surface area contributed by atoms with Gasteiger partial charge in [0.25, 0.3) is 0 Å². The van der Waals surface area contributed by atoms with E-state index in [1.165, 1.54) is 31.4 Å². The molecule has 2 aromatic carbocycles. The second kappa shape index (κ2) is 11.5.